The molecule has 1 aliphatic heterocycles. The van der Waals surface area contributed by atoms with E-state index < -0.39 is 15.2 Å². The zero-order valence-corrected chi connectivity index (χ0v) is 14.4. The van der Waals surface area contributed by atoms with E-state index in [0.29, 0.717) is 11.8 Å². The maximum Gasteiger partial charge on any atom is 0.169 e. The van der Waals surface area contributed by atoms with Crippen molar-refractivity contribution in [2.75, 3.05) is 29.2 Å². The van der Waals surface area contributed by atoms with Crippen molar-refractivity contribution in [1.29, 1.82) is 0 Å². The third-order valence-corrected chi connectivity index (χ3v) is 6.12. The number of thioether (sulfide) groups is 1. The maximum atomic E-state index is 12.1. The van der Waals surface area contributed by atoms with Crippen molar-refractivity contribution in [3.8, 4) is 0 Å². The van der Waals surface area contributed by atoms with E-state index in [1.165, 1.54) is 6.26 Å². The Morgan fingerprint density at radius 2 is 2.29 bits per heavy atom. The van der Waals surface area contributed by atoms with Gasteiger partial charge in [0.2, 0.25) is 0 Å². The van der Waals surface area contributed by atoms with Crippen molar-refractivity contribution in [2.24, 2.45) is 0 Å². The fourth-order valence-corrected chi connectivity index (χ4v) is 5.18. The SMILES string of the molecule is CC(C)NCc1ccncc1N1CCSCC1S(C)(=O)=O. The minimum atomic E-state index is -3.11. The van der Waals surface area contributed by atoms with E-state index in [1.807, 2.05) is 11.0 Å². The molecular formula is C14H23N3O2S2. The van der Waals surface area contributed by atoms with Crippen LogP contribution in [0.15, 0.2) is 18.5 Å². The molecule has 0 radical (unpaired) electrons. The lowest BCUT2D eigenvalue weighted by atomic mass is 10.2. The molecule has 0 aliphatic carbocycles. The second-order valence-electron chi connectivity index (χ2n) is 5.59. The Labute approximate surface area is 131 Å². The fourth-order valence-electron chi connectivity index (χ4n) is 2.35. The summed E-state index contributed by atoms with van der Waals surface area (Å²) in [6.07, 6.45) is 4.86. The second-order valence-corrected chi connectivity index (χ2v) is 8.95. The molecule has 0 amide bonds. The van der Waals surface area contributed by atoms with Crippen LogP contribution in [0.5, 0.6) is 0 Å². The standard InChI is InChI=1S/C14H23N3O2S2/c1-11(2)16-8-12-4-5-15-9-13(12)17-6-7-20-10-14(17)21(3,18)19/h4-5,9,11,14,16H,6-8,10H2,1-3H3. The van der Waals surface area contributed by atoms with Crippen molar-refractivity contribution in [3.63, 3.8) is 0 Å². The molecule has 1 atom stereocenters. The summed E-state index contributed by atoms with van der Waals surface area (Å²) in [7, 11) is -3.11. The van der Waals surface area contributed by atoms with Crippen molar-refractivity contribution < 1.29 is 8.42 Å². The zero-order chi connectivity index (χ0) is 15.5. The van der Waals surface area contributed by atoms with Gasteiger partial charge < -0.3 is 10.2 Å². The topological polar surface area (TPSA) is 62.3 Å². The molecule has 0 aromatic carbocycles. The number of hydrogen-bond donors (Lipinski definition) is 1. The summed E-state index contributed by atoms with van der Waals surface area (Å²) in [6.45, 7) is 5.65. The van der Waals surface area contributed by atoms with Gasteiger partial charge in [-0.1, -0.05) is 13.8 Å². The van der Waals surface area contributed by atoms with E-state index in [2.05, 4.69) is 24.1 Å². The molecule has 1 aromatic heterocycles. The summed E-state index contributed by atoms with van der Waals surface area (Å²) in [5.41, 5.74) is 2.03. The molecule has 1 aromatic rings. The van der Waals surface area contributed by atoms with Crippen LogP contribution in [-0.4, -0.2) is 49.1 Å². The lowest BCUT2D eigenvalue weighted by Crippen LogP contribution is -2.47. The molecule has 5 nitrogen and oxygen atoms in total. The highest BCUT2D eigenvalue weighted by Crippen LogP contribution is 2.28. The zero-order valence-electron chi connectivity index (χ0n) is 12.7. The Hall–Kier alpha value is -0.790. The number of aromatic nitrogens is 1. The number of nitrogens with zero attached hydrogens (tertiary/aromatic N) is 2. The summed E-state index contributed by atoms with van der Waals surface area (Å²) in [5.74, 6) is 1.56. The molecule has 1 fully saturated rings. The van der Waals surface area contributed by atoms with Crippen LogP contribution in [0.2, 0.25) is 0 Å². The van der Waals surface area contributed by atoms with Gasteiger partial charge in [-0.05, 0) is 11.6 Å². The Balaban J connectivity index is 2.30. The monoisotopic (exact) mass is 329 g/mol. The van der Waals surface area contributed by atoms with Crippen LogP contribution in [0.3, 0.4) is 0 Å². The van der Waals surface area contributed by atoms with E-state index in [0.717, 1.165) is 30.1 Å². The Morgan fingerprint density at radius 3 is 2.95 bits per heavy atom. The highest BCUT2D eigenvalue weighted by Gasteiger charge is 2.32. The largest absolute Gasteiger partial charge is 0.352 e. The average molecular weight is 329 g/mol. The predicted octanol–water partition coefficient (Wildman–Crippen LogP) is 1.50. The van der Waals surface area contributed by atoms with Crippen molar-refractivity contribution in [3.05, 3.63) is 24.0 Å². The van der Waals surface area contributed by atoms with Crippen molar-refractivity contribution in [2.45, 2.75) is 31.8 Å². The van der Waals surface area contributed by atoms with Gasteiger partial charge in [0, 0.05) is 43.1 Å². The van der Waals surface area contributed by atoms with Crippen LogP contribution in [-0.2, 0) is 16.4 Å². The first-order valence-electron chi connectivity index (χ1n) is 7.09. The minimum Gasteiger partial charge on any atom is -0.352 e. The predicted molar refractivity (Wildman–Crippen MR) is 89.5 cm³/mol. The van der Waals surface area contributed by atoms with Crippen LogP contribution >= 0.6 is 11.8 Å². The molecular weight excluding hydrogens is 306 g/mol. The molecule has 0 spiro atoms. The molecule has 1 saturated heterocycles. The van der Waals surface area contributed by atoms with Crippen LogP contribution < -0.4 is 10.2 Å². The van der Waals surface area contributed by atoms with Crippen molar-refractivity contribution >= 4 is 27.3 Å². The maximum absolute atomic E-state index is 12.1. The van der Waals surface area contributed by atoms with E-state index in [1.54, 1.807) is 24.2 Å². The number of rotatable bonds is 5. The van der Waals surface area contributed by atoms with Gasteiger partial charge in [-0.3, -0.25) is 4.98 Å². The van der Waals surface area contributed by atoms with Gasteiger partial charge in [-0.2, -0.15) is 11.8 Å². The molecule has 1 aliphatic rings. The highest BCUT2D eigenvalue weighted by atomic mass is 32.2. The molecule has 0 bridgehead atoms. The first-order chi connectivity index (χ1) is 9.89. The fraction of sp³-hybridized carbons (Fsp3) is 0.643. The van der Waals surface area contributed by atoms with E-state index in [-0.39, 0.29) is 0 Å². The summed E-state index contributed by atoms with van der Waals surface area (Å²) >= 11 is 1.70. The van der Waals surface area contributed by atoms with Crippen molar-refractivity contribution in [1.82, 2.24) is 10.3 Å². The smallest absolute Gasteiger partial charge is 0.169 e. The molecule has 1 unspecified atom stereocenters. The summed E-state index contributed by atoms with van der Waals surface area (Å²) < 4.78 is 24.1. The first kappa shape index (κ1) is 16.6. The molecule has 2 rings (SSSR count). The number of pyridine rings is 1. The quantitative estimate of drug-likeness (QED) is 0.883. The summed E-state index contributed by atoms with van der Waals surface area (Å²) in [5, 5.41) is 2.93. The van der Waals surface area contributed by atoms with Crippen LogP contribution in [0.25, 0.3) is 0 Å². The third-order valence-electron chi connectivity index (χ3n) is 3.48. The molecule has 21 heavy (non-hydrogen) atoms. The Bertz CT molecular complexity index is 575. The first-order valence-corrected chi connectivity index (χ1v) is 10.2. The van der Waals surface area contributed by atoms with Crippen LogP contribution in [0.1, 0.15) is 19.4 Å². The molecule has 118 valence electrons. The normalized spacial score (nSPS) is 20.0. The van der Waals surface area contributed by atoms with Gasteiger partial charge in [-0.25, -0.2) is 8.42 Å². The Morgan fingerprint density at radius 1 is 1.52 bits per heavy atom. The van der Waals surface area contributed by atoms with Crippen LogP contribution in [0, 0.1) is 0 Å². The van der Waals surface area contributed by atoms with Gasteiger partial charge in [0.05, 0.1) is 11.9 Å². The number of anilines is 1. The average Bonchev–Trinajstić information content (AvgIpc) is 2.44. The second kappa shape index (κ2) is 6.98. The van der Waals surface area contributed by atoms with Crippen LogP contribution in [0.4, 0.5) is 5.69 Å². The van der Waals surface area contributed by atoms with Gasteiger partial charge in [0.15, 0.2) is 9.84 Å². The molecule has 2 heterocycles. The Kier molecular flexibility index (Phi) is 5.51. The highest BCUT2D eigenvalue weighted by molar-refractivity contribution is 8.01. The van der Waals surface area contributed by atoms with E-state index in [9.17, 15) is 8.42 Å². The number of hydrogen-bond acceptors (Lipinski definition) is 6. The summed E-state index contributed by atoms with van der Waals surface area (Å²) in [6, 6.07) is 2.35. The van der Waals surface area contributed by atoms with E-state index in [4.69, 9.17) is 0 Å². The number of sulfone groups is 1. The third kappa shape index (κ3) is 4.34. The molecule has 0 saturated carbocycles. The van der Waals surface area contributed by atoms with Gasteiger partial charge >= 0.3 is 0 Å². The molecule has 1 N–H and O–H groups in total. The van der Waals surface area contributed by atoms with Gasteiger partial charge in [-0.15, -0.1) is 0 Å². The lowest BCUT2D eigenvalue weighted by Gasteiger charge is -2.36. The lowest BCUT2D eigenvalue weighted by molar-refractivity contribution is 0.578. The minimum absolute atomic E-state index is 0.383. The number of nitrogens with one attached hydrogen (secondary N) is 1. The van der Waals surface area contributed by atoms with Gasteiger partial charge in [0.1, 0.15) is 5.37 Å². The van der Waals surface area contributed by atoms with E-state index >= 15 is 0 Å². The summed E-state index contributed by atoms with van der Waals surface area (Å²) in [4.78, 5) is 6.19. The van der Waals surface area contributed by atoms with Gasteiger partial charge in [0.25, 0.3) is 0 Å². The molecule has 7 heteroatoms.